The highest BCUT2D eigenvalue weighted by Gasteiger charge is 2.59. The van der Waals surface area contributed by atoms with E-state index in [1.54, 1.807) is 6.07 Å². The average Bonchev–Trinajstić information content (AvgIpc) is 2.85. The molecule has 4 heteroatoms. The fourth-order valence-electron chi connectivity index (χ4n) is 5.08. The summed E-state index contributed by atoms with van der Waals surface area (Å²) in [6.07, 6.45) is 0. The van der Waals surface area contributed by atoms with Gasteiger partial charge in [0.05, 0.1) is 11.8 Å². The van der Waals surface area contributed by atoms with Crippen LogP contribution >= 0.6 is 0 Å². The molecule has 1 saturated carbocycles. The van der Waals surface area contributed by atoms with Crippen molar-refractivity contribution < 1.29 is 19.4 Å². The molecule has 4 aromatic carbocycles. The number of carbonyl (C=O) groups excluding carboxylic acids is 1. The summed E-state index contributed by atoms with van der Waals surface area (Å²) >= 11 is 0. The number of hydrogen-bond acceptors (Lipinski definition) is 3. The van der Waals surface area contributed by atoms with E-state index in [0.717, 1.165) is 22.3 Å². The van der Waals surface area contributed by atoms with E-state index in [1.165, 1.54) is 0 Å². The second-order valence-electron chi connectivity index (χ2n) is 8.58. The van der Waals surface area contributed by atoms with Gasteiger partial charge in [0.15, 0.2) is 0 Å². The molecule has 4 nitrogen and oxygen atoms in total. The van der Waals surface area contributed by atoms with E-state index < -0.39 is 35.6 Å². The summed E-state index contributed by atoms with van der Waals surface area (Å²) in [5.41, 5.74) is 3.64. The lowest BCUT2D eigenvalue weighted by Crippen LogP contribution is -2.52. The summed E-state index contributed by atoms with van der Waals surface area (Å²) in [5, 5.41) is 10.1. The van der Waals surface area contributed by atoms with Gasteiger partial charge in [0, 0.05) is 11.8 Å². The minimum Gasteiger partial charge on any atom is -0.481 e. The average molecular weight is 449 g/mol. The van der Waals surface area contributed by atoms with Crippen LogP contribution in [0.3, 0.4) is 0 Å². The molecule has 4 aromatic rings. The second-order valence-corrected chi connectivity index (χ2v) is 8.58. The van der Waals surface area contributed by atoms with E-state index in [4.69, 9.17) is 4.74 Å². The van der Waals surface area contributed by atoms with Crippen molar-refractivity contribution >= 4 is 11.9 Å². The topological polar surface area (TPSA) is 63.6 Å². The molecule has 0 aromatic heterocycles. The van der Waals surface area contributed by atoms with Crippen molar-refractivity contribution in [3.8, 4) is 16.9 Å². The van der Waals surface area contributed by atoms with Crippen molar-refractivity contribution in [2.45, 2.75) is 11.8 Å². The lowest BCUT2D eigenvalue weighted by atomic mass is 9.52. The van der Waals surface area contributed by atoms with Crippen LogP contribution in [0.15, 0.2) is 115 Å². The fourth-order valence-corrected chi connectivity index (χ4v) is 5.08. The van der Waals surface area contributed by atoms with Crippen molar-refractivity contribution in [3.63, 3.8) is 0 Å². The van der Waals surface area contributed by atoms with Gasteiger partial charge in [-0.05, 0) is 34.4 Å². The summed E-state index contributed by atoms with van der Waals surface area (Å²) in [5.74, 6) is -3.11. The second kappa shape index (κ2) is 9.36. The van der Waals surface area contributed by atoms with E-state index in [2.05, 4.69) is 0 Å². The maximum absolute atomic E-state index is 13.6. The number of carbonyl (C=O) groups is 2. The van der Waals surface area contributed by atoms with Gasteiger partial charge in [-0.25, -0.2) is 0 Å². The Morgan fingerprint density at radius 1 is 0.588 bits per heavy atom. The Bertz CT molecular complexity index is 1240. The zero-order chi connectivity index (χ0) is 23.5. The highest BCUT2D eigenvalue weighted by Crippen LogP contribution is 2.58. The van der Waals surface area contributed by atoms with Crippen molar-refractivity contribution in [2.75, 3.05) is 0 Å². The van der Waals surface area contributed by atoms with Crippen LogP contribution in [0, 0.1) is 11.8 Å². The first-order chi connectivity index (χ1) is 16.6. The van der Waals surface area contributed by atoms with Gasteiger partial charge < -0.3 is 9.84 Å². The lowest BCUT2D eigenvalue weighted by molar-refractivity contribution is -0.158. The molecule has 1 N–H and O–H groups in total. The zero-order valence-corrected chi connectivity index (χ0v) is 18.5. The highest BCUT2D eigenvalue weighted by atomic mass is 16.5. The standard InChI is InChI=1S/C30H24O4/c31-29(32)27-25(21-13-6-2-7-14-21)28(26(27)22-15-8-3-9-16-22)30(33)34-24-18-10-17-23(19-24)20-11-4-1-5-12-20/h1-19,25-28H,(H,31,32). The summed E-state index contributed by atoms with van der Waals surface area (Å²) in [4.78, 5) is 25.9. The quantitative estimate of drug-likeness (QED) is 0.284. The molecule has 0 aliphatic heterocycles. The molecule has 0 radical (unpaired) electrons. The van der Waals surface area contributed by atoms with Crippen LogP contribution < -0.4 is 4.74 Å². The molecule has 1 aliphatic rings. The van der Waals surface area contributed by atoms with Gasteiger partial charge >= 0.3 is 11.9 Å². The van der Waals surface area contributed by atoms with E-state index in [9.17, 15) is 14.7 Å². The SMILES string of the molecule is O=C(O)C1C(c2ccccc2)C(C(=O)Oc2cccc(-c3ccccc3)c2)C1c1ccccc1. The third-order valence-corrected chi connectivity index (χ3v) is 6.63. The third kappa shape index (κ3) is 4.11. The van der Waals surface area contributed by atoms with Crippen molar-refractivity contribution in [3.05, 3.63) is 126 Å². The smallest absolute Gasteiger partial charge is 0.315 e. The third-order valence-electron chi connectivity index (χ3n) is 6.63. The minimum absolute atomic E-state index is 0.412. The Hall–Kier alpha value is -4.18. The van der Waals surface area contributed by atoms with E-state index in [1.807, 2.05) is 109 Å². The highest BCUT2D eigenvalue weighted by molar-refractivity contribution is 5.86. The van der Waals surface area contributed by atoms with Gasteiger partial charge in [-0.15, -0.1) is 0 Å². The molecule has 1 aliphatic carbocycles. The van der Waals surface area contributed by atoms with Crippen molar-refractivity contribution in [2.24, 2.45) is 11.8 Å². The number of benzene rings is 4. The molecule has 2 unspecified atom stereocenters. The van der Waals surface area contributed by atoms with Crippen LogP contribution in [-0.2, 0) is 9.59 Å². The normalized spacial score (nSPS) is 21.3. The number of carboxylic acids is 1. The van der Waals surface area contributed by atoms with Crippen molar-refractivity contribution in [1.82, 2.24) is 0 Å². The summed E-state index contributed by atoms with van der Waals surface area (Å²) in [6.45, 7) is 0. The molecular weight excluding hydrogens is 424 g/mol. The molecule has 168 valence electrons. The zero-order valence-electron chi connectivity index (χ0n) is 18.5. The molecule has 0 saturated heterocycles. The molecule has 34 heavy (non-hydrogen) atoms. The molecule has 0 heterocycles. The van der Waals surface area contributed by atoms with Gasteiger partial charge in [-0.3, -0.25) is 9.59 Å². The largest absolute Gasteiger partial charge is 0.481 e. The van der Waals surface area contributed by atoms with Gasteiger partial charge in [-0.2, -0.15) is 0 Å². The van der Waals surface area contributed by atoms with Crippen LogP contribution in [0.25, 0.3) is 11.1 Å². The summed E-state index contributed by atoms with van der Waals surface area (Å²) in [6, 6.07) is 36.1. The Morgan fingerprint density at radius 2 is 1.09 bits per heavy atom. The first-order valence-corrected chi connectivity index (χ1v) is 11.3. The van der Waals surface area contributed by atoms with Gasteiger partial charge in [0.1, 0.15) is 5.75 Å². The van der Waals surface area contributed by atoms with Crippen molar-refractivity contribution in [1.29, 1.82) is 0 Å². The lowest BCUT2D eigenvalue weighted by Gasteiger charge is -2.48. The summed E-state index contributed by atoms with van der Waals surface area (Å²) in [7, 11) is 0. The molecule has 0 amide bonds. The number of hydrogen-bond donors (Lipinski definition) is 1. The monoisotopic (exact) mass is 448 g/mol. The predicted octanol–water partition coefficient (Wildman–Crippen LogP) is 6.16. The number of rotatable bonds is 6. The Labute approximate surface area is 198 Å². The van der Waals surface area contributed by atoms with Crippen LogP contribution in [0.5, 0.6) is 5.75 Å². The van der Waals surface area contributed by atoms with Crippen LogP contribution in [-0.4, -0.2) is 17.0 Å². The van der Waals surface area contributed by atoms with Gasteiger partial charge in [0.2, 0.25) is 0 Å². The molecule has 2 atom stereocenters. The van der Waals surface area contributed by atoms with Gasteiger partial charge in [-0.1, -0.05) is 103 Å². The number of ether oxygens (including phenoxy) is 1. The molecule has 5 rings (SSSR count). The molecule has 1 fully saturated rings. The van der Waals surface area contributed by atoms with Gasteiger partial charge in [0.25, 0.3) is 0 Å². The first kappa shape index (κ1) is 21.7. The number of aliphatic carboxylic acids is 1. The van der Waals surface area contributed by atoms with Crippen LogP contribution in [0.2, 0.25) is 0 Å². The molecule has 0 bridgehead atoms. The van der Waals surface area contributed by atoms with E-state index in [0.29, 0.717) is 5.75 Å². The Balaban J connectivity index is 1.49. The Morgan fingerprint density at radius 3 is 1.62 bits per heavy atom. The summed E-state index contributed by atoms with van der Waals surface area (Å²) < 4.78 is 5.88. The number of carboxylic acid groups (broad SMARTS) is 1. The predicted molar refractivity (Wildman–Crippen MR) is 130 cm³/mol. The first-order valence-electron chi connectivity index (χ1n) is 11.3. The van der Waals surface area contributed by atoms with E-state index >= 15 is 0 Å². The minimum atomic E-state index is -0.905. The van der Waals surface area contributed by atoms with Crippen LogP contribution in [0.1, 0.15) is 23.0 Å². The molecular formula is C30H24O4. The molecule has 0 spiro atoms. The fraction of sp³-hybridized carbons (Fsp3) is 0.133. The number of esters is 1. The maximum Gasteiger partial charge on any atom is 0.315 e. The Kier molecular flexibility index (Phi) is 5.96. The van der Waals surface area contributed by atoms with Crippen LogP contribution in [0.4, 0.5) is 0 Å². The maximum atomic E-state index is 13.6. The van der Waals surface area contributed by atoms with E-state index in [-0.39, 0.29) is 0 Å².